The van der Waals surface area contributed by atoms with Crippen LogP contribution >= 0.6 is 0 Å². The van der Waals surface area contributed by atoms with Crippen molar-refractivity contribution >= 4 is 11.4 Å². The zero-order chi connectivity index (χ0) is 14.0. The minimum Gasteiger partial charge on any atom is -0.393 e. The molecule has 1 aromatic carbocycles. The Kier molecular flexibility index (Phi) is 3.15. The molecule has 0 bridgehead atoms. The van der Waals surface area contributed by atoms with Gasteiger partial charge in [0.1, 0.15) is 5.69 Å². The van der Waals surface area contributed by atoms with Crippen LogP contribution in [0.1, 0.15) is 5.56 Å². The fourth-order valence-corrected chi connectivity index (χ4v) is 1.63. The molecule has 0 saturated carbocycles. The van der Waals surface area contributed by atoms with E-state index in [0.29, 0.717) is 5.56 Å². The van der Waals surface area contributed by atoms with E-state index in [1.807, 2.05) is 0 Å². The van der Waals surface area contributed by atoms with Gasteiger partial charge >= 0.3 is 0 Å². The summed E-state index contributed by atoms with van der Waals surface area (Å²) in [4.78, 5) is 32.6. The number of nitrogens with two attached hydrogens (primary N) is 1. The van der Waals surface area contributed by atoms with E-state index in [1.54, 1.807) is 0 Å². The fraction of sp³-hybridized carbons (Fsp3) is 0.0909. The maximum absolute atomic E-state index is 11.5. The van der Waals surface area contributed by atoms with Gasteiger partial charge in [-0.2, -0.15) is 0 Å². The summed E-state index contributed by atoms with van der Waals surface area (Å²) in [7, 11) is 0. The van der Waals surface area contributed by atoms with Crippen LogP contribution in [0.25, 0.3) is 0 Å². The van der Waals surface area contributed by atoms with E-state index in [-0.39, 0.29) is 23.5 Å². The van der Waals surface area contributed by atoms with E-state index in [4.69, 9.17) is 5.73 Å². The summed E-state index contributed by atoms with van der Waals surface area (Å²) >= 11 is 0. The van der Waals surface area contributed by atoms with Crippen LogP contribution in [-0.2, 0) is 6.54 Å². The SMILES string of the molecule is Nc1cc(Cn2[nH]c(=O)ccc2=O)ccc1[N+](=O)[O-]. The van der Waals surface area contributed by atoms with Crippen molar-refractivity contribution in [1.29, 1.82) is 0 Å². The number of rotatable bonds is 3. The summed E-state index contributed by atoms with van der Waals surface area (Å²) in [5.74, 6) is 0. The first kappa shape index (κ1) is 12.6. The molecule has 0 atom stereocenters. The molecule has 0 amide bonds. The molecule has 2 rings (SSSR count). The molecule has 0 fully saturated rings. The number of H-pyrrole nitrogens is 1. The van der Waals surface area contributed by atoms with Crippen molar-refractivity contribution in [2.75, 3.05) is 5.73 Å². The summed E-state index contributed by atoms with van der Waals surface area (Å²) in [6, 6.07) is 6.41. The lowest BCUT2D eigenvalue weighted by Gasteiger charge is -2.06. The van der Waals surface area contributed by atoms with Crippen LogP contribution in [0.2, 0.25) is 0 Å². The minimum absolute atomic E-state index is 0.00817. The van der Waals surface area contributed by atoms with Gasteiger partial charge in [-0.05, 0) is 11.6 Å². The molecule has 8 nitrogen and oxygen atoms in total. The van der Waals surface area contributed by atoms with Crippen molar-refractivity contribution < 1.29 is 4.92 Å². The standard InChI is InChI=1S/C11H10N4O4/c12-8-5-7(1-2-9(8)15(18)19)6-14-11(17)4-3-10(16)13-14/h1-5H,6,12H2,(H,13,16). The van der Waals surface area contributed by atoms with E-state index in [1.165, 1.54) is 18.2 Å². The van der Waals surface area contributed by atoms with Crippen molar-refractivity contribution in [3.63, 3.8) is 0 Å². The van der Waals surface area contributed by atoms with Gasteiger partial charge in [0.2, 0.25) is 0 Å². The van der Waals surface area contributed by atoms with Crippen molar-refractivity contribution in [1.82, 2.24) is 9.78 Å². The third kappa shape index (κ3) is 2.68. The van der Waals surface area contributed by atoms with Crippen LogP contribution in [0.3, 0.4) is 0 Å². The van der Waals surface area contributed by atoms with E-state index >= 15 is 0 Å². The number of nitrogen functional groups attached to an aromatic ring is 1. The average Bonchev–Trinajstić information content (AvgIpc) is 2.33. The number of hydrogen-bond donors (Lipinski definition) is 2. The van der Waals surface area contributed by atoms with Gasteiger partial charge in [0.15, 0.2) is 0 Å². The van der Waals surface area contributed by atoms with Gasteiger partial charge in [0.05, 0.1) is 11.5 Å². The van der Waals surface area contributed by atoms with Crippen molar-refractivity contribution in [2.45, 2.75) is 6.54 Å². The Labute approximate surface area is 106 Å². The molecule has 2 aromatic rings. The summed E-state index contributed by atoms with van der Waals surface area (Å²) < 4.78 is 1.10. The number of benzene rings is 1. The quantitative estimate of drug-likeness (QED) is 0.460. The predicted molar refractivity (Wildman–Crippen MR) is 67.9 cm³/mol. The highest BCUT2D eigenvalue weighted by molar-refractivity contribution is 5.59. The van der Waals surface area contributed by atoms with Crippen LogP contribution in [0.5, 0.6) is 0 Å². The highest BCUT2D eigenvalue weighted by Gasteiger charge is 2.11. The molecule has 0 aliphatic heterocycles. The Morgan fingerprint density at radius 2 is 2.00 bits per heavy atom. The van der Waals surface area contributed by atoms with Crippen LogP contribution in [-0.4, -0.2) is 14.7 Å². The third-order valence-electron chi connectivity index (χ3n) is 2.52. The number of hydrogen-bond acceptors (Lipinski definition) is 5. The molecule has 98 valence electrons. The van der Waals surface area contributed by atoms with Gasteiger partial charge < -0.3 is 5.73 Å². The van der Waals surface area contributed by atoms with Crippen LogP contribution in [0.4, 0.5) is 11.4 Å². The Balaban J connectivity index is 2.37. The lowest BCUT2D eigenvalue weighted by atomic mass is 10.2. The molecular weight excluding hydrogens is 252 g/mol. The zero-order valence-electron chi connectivity index (χ0n) is 9.70. The number of nitro benzene ring substituents is 1. The number of anilines is 1. The Morgan fingerprint density at radius 1 is 1.26 bits per heavy atom. The van der Waals surface area contributed by atoms with Crippen molar-refractivity contribution in [3.8, 4) is 0 Å². The first-order valence-electron chi connectivity index (χ1n) is 5.30. The second-order valence-electron chi connectivity index (χ2n) is 3.88. The molecule has 0 aliphatic rings. The Bertz CT molecular complexity index is 747. The van der Waals surface area contributed by atoms with Gasteiger partial charge in [-0.25, -0.2) is 4.68 Å². The highest BCUT2D eigenvalue weighted by Crippen LogP contribution is 2.22. The Hall–Kier alpha value is -2.90. The molecule has 1 heterocycles. The van der Waals surface area contributed by atoms with Crippen LogP contribution in [0, 0.1) is 10.1 Å². The van der Waals surface area contributed by atoms with Crippen molar-refractivity contribution in [2.24, 2.45) is 0 Å². The molecule has 19 heavy (non-hydrogen) atoms. The lowest BCUT2D eigenvalue weighted by Crippen LogP contribution is -2.28. The maximum Gasteiger partial charge on any atom is 0.292 e. The van der Waals surface area contributed by atoms with Crippen molar-refractivity contribution in [3.05, 3.63) is 66.7 Å². The Morgan fingerprint density at radius 3 is 2.63 bits per heavy atom. The van der Waals surface area contributed by atoms with E-state index in [0.717, 1.165) is 16.8 Å². The van der Waals surface area contributed by atoms with Gasteiger partial charge in [-0.3, -0.25) is 24.8 Å². The summed E-state index contributed by atoms with van der Waals surface area (Å²) in [5.41, 5.74) is 5.14. The average molecular weight is 262 g/mol. The first-order valence-corrected chi connectivity index (χ1v) is 5.30. The fourth-order valence-electron chi connectivity index (χ4n) is 1.63. The number of nitrogens with zero attached hydrogens (tertiary/aromatic N) is 2. The molecule has 0 aliphatic carbocycles. The molecule has 0 saturated heterocycles. The second-order valence-corrected chi connectivity index (χ2v) is 3.88. The minimum atomic E-state index is -0.588. The summed E-state index contributed by atoms with van der Waals surface area (Å²) in [6.45, 7) is 0.0805. The van der Waals surface area contributed by atoms with Gasteiger partial charge in [-0.1, -0.05) is 6.07 Å². The van der Waals surface area contributed by atoms with E-state index in [9.17, 15) is 19.7 Å². The monoisotopic (exact) mass is 262 g/mol. The third-order valence-corrected chi connectivity index (χ3v) is 2.52. The number of aromatic amines is 1. The predicted octanol–water partition coefficient (Wildman–Crippen LogP) is 0.0753. The molecule has 3 N–H and O–H groups in total. The van der Waals surface area contributed by atoms with Crippen LogP contribution in [0.15, 0.2) is 39.9 Å². The topological polar surface area (TPSA) is 124 Å². The molecule has 0 unspecified atom stereocenters. The smallest absolute Gasteiger partial charge is 0.292 e. The van der Waals surface area contributed by atoms with Gasteiger partial charge in [0, 0.05) is 18.2 Å². The zero-order valence-corrected chi connectivity index (χ0v) is 9.70. The second kappa shape index (κ2) is 4.77. The lowest BCUT2D eigenvalue weighted by molar-refractivity contribution is -0.383. The van der Waals surface area contributed by atoms with E-state index in [2.05, 4.69) is 5.10 Å². The molecular formula is C11H10N4O4. The summed E-state index contributed by atoms with van der Waals surface area (Å²) in [6.07, 6.45) is 0. The first-order chi connectivity index (χ1) is 8.97. The highest BCUT2D eigenvalue weighted by atomic mass is 16.6. The number of aromatic nitrogens is 2. The number of nitro groups is 1. The van der Waals surface area contributed by atoms with Gasteiger partial charge in [0.25, 0.3) is 16.8 Å². The molecule has 0 spiro atoms. The molecule has 8 heteroatoms. The van der Waals surface area contributed by atoms with E-state index < -0.39 is 10.5 Å². The maximum atomic E-state index is 11.5. The van der Waals surface area contributed by atoms with Crippen LogP contribution < -0.4 is 16.9 Å². The number of nitrogens with one attached hydrogen (secondary N) is 1. The molecule has 1 aromatic heterocycles. The molecule has 0 radical (unpaired) electrons. The van der Waals surface area contributed by atoms with Gasteiger partial charge in [-0.15, -0.1) is 0 Å². The largest absolute Gasteiger partial charge is 0.393 e. The summed E-state index contributed by atoms with van der Waals surface area (Å²) in [5, 5.41) is 13.0. The normalized spacial score (nSPS) is 10.3.